The number of nitrogens with two attached hydrogens (primary N) is 1. The summed E-state index contributed by atoms with van der Waals surface area (Å²) < 4.78 is 0. The van der Waals surface area contributed by atoms with Crippen LogP contribution in [-0.2, 0) is 11.3 Å². The van der Waals surface area contributed by atoms with Crippen molar-refractivity contribution >= 4 is 28.3 Å². The minimum atomic E-state index is -0.541. The van der Waals surface area contributed by atoms with E-state index in [1.807, 2.05) is 17.5 Å². The van der Waals surface area contributed by atoms with Crippen LogP contribution in [0.15, 0.2) is 28.6 Å². The van der Waals surface area contributed by atoms with Crippen molar-refractivity contribution in [1.29, 1.82) is 0 Å². The first-order chi connectivity index (χ1) is 12.1. The third-order valence-corrected chi connectivity index (χ3v) is 3.96. The van der Waals surface area contributed by atoms with Gasteiger partial charge in [0.1, 0.15) is 12.3 Å². The van der Waals surface area contributed by atoms with Crippen molar-refractivity contribution in [3.8, 4) is 11.4 Å². The second-order valence-electron chi connectivity index (χ2n) is 5.24. The first kappa shape index (κ1) is 18.8. The van der Waals surface area contributed by atoms with Crippen LogP contribution in [0.4, 0.5) is 5.13 Å². The lowest BCUT2D eigenvalue weighted by Gasteiger charge is -2.04. The quantitative estimate of drug-likeness (QED) is 0.317. The fourth-order valence-corrected chi connectivity index (χ4v) is 2.63. The van der Waals surface area contributed by atoms with E-state index < -0.39 is 12.5 Å². The number of pyridine rings is 1. The molecule has 134 valence electrons. The summed E-state index contributed by atoms with van der Waals surface area (Å²) in [6, 6.07) is 5.47. The van der Waals surface area contributed by atoms with Gasteiger partial charge in [-0.25, -0.2) is 9.97 Å². The summed E-state index contributed by atoms with van der Waals surface area (Å²) in [6.45, 7) is 2.60. The Labute approximate surface area is 150 Å². The lowest BCUT2D eigenvalue weighted by molar-refractivity contribution is -0.123. The first-order valence-electron chi connectivity index (χ1n) is 7.99. The van der Waals surface area contributed by atoms with Crippen molar-refractivity contribution in [2.45, 2.75) is 26.3 Å². The SMILES string of the molecule is CCCCN/C(N)=N/c1nc(-c2cccc(CNC(=O)CO)n2)cs1. The molecule has 2 heterocycles. The molecule has 0 saturated carbocycles. The average molecular weight is 362 g/mol. The van der Waals surface area contributed by atoms with E-state index in [1.54, 1.807) is 6.07 Å². The third kappa shape index (κ3) is 6.12. The summed E-state index contributed by atoms with van der Waals surface area (Å²) in [6.07, 6.45) is 2.12. The molecule has 5 N–H and O–H groups in total. The zero-order valence-corrected chi connectivity index (χ0v) is 14.8. The van der Waals surface area contributed by atoms with Crippen LogP contribution in [0.2, 0.25) is 0 Å². The fraction of sp³-hybridized carbons (Fsp3) is 0.375. The van der Waals surface area contributed by atoms with Gasteiger partial charge in [-0.15, -0.1) is 11.3 Å². The predicted molar refractivity (Wildman–Crippen MR) is 98.5 cm³/mol. The fourth-order valence-electron chi connectivity index (χ4n) is 1.93. The molecular weight excluding hydrogens is 340 g/mol. The highest BCUT2D eigenvalue weighted by Crippen LogP contribution is 2.25. The molecule has 2 aromatic heterocycles. The van der Waals surface area contributed by atoms with Gasteiger partial charge in [0.05, 0.1) is 17.9 Å². The number of rotatable bonds is 8. The maximum absolute atomic E-state index is 11.1. The Bertz CT molecular complexity index is 731. The van der Waals surface area contributed by atoms with Crippen molar-refractivity contribution in [3.05, 3.63) is 29.3 Å². The molecule has 0 radical (unpaired) electrons. The molecule has 1 amide bonds. The summed E-state index contributed by atoms with van der Waals surface area (Å²) in [4.78, 5) is 24.2. The number of carbonyl (C=O) groups excluding carboxylic acids is 1. The van der Waals surface area contributed by atoms with E-state index in [2.05, 4.69) is 32.5 Å². The smallest absolute Gasteiger partial charge is 0.246 e. The van der Waals surface area contributed by atoms with Crippen LogP contribution in [0, 0.1) is 0 Å². The Kier molecular flexibility index (Phi) is 7.30. The maximum atomic E-state index is 11.1. The number of carbonyl (C=O) groups is 1. The summed E-state index contributed by atoms with van der Waals surface area (Å²) in [5.74, 6) is -0.0914. The highest BCUT2D eigenvalue weighted by molar-refractivity contribution is 7.13. The number of hydrogen-bond acceptors (Lipinski definition) is 6. The number of nitrogens with zero attached hydrogens (tertiary/aromatic N) is 3. The van der Waals surface area contributed by atoms with Gasteiger partial charge in [0.25, 0.3) is 0 Å². The molecule has 2 aromatic rings. The number of unbranched alkanes of at least 4 members (excludes halogenated alkanes) is 1. The lowest BCUT2D eigenvalue weighted by Crippen LogP contribution is -2.31. The van der Waals surface area contributed by atoms with Crippen molar-refractivity contribution in [3.63, 3.8) is 0 Å². The standard InChI is InChI=1S/C16H22N6O2S/c1-2-3-7-18-15(17)22-16-21-13(10-25-16)12-6-4-5-11(20-12)8-19-14(24)9-23/h4-6,10,23H,2-3,7-9H2,1H3,(H,19,24)(H3,17,18,21,22). The van der Waals surface area contributed by atoms with Crippen molar-refractivity contribution in [1.82, 2.24) is 20.6 Å². The molecule has 0 fully saturated rings. The molecule has 0 saturated heterocycles. The summed E-state index contributed by atoms with van der Waals surface area (Å²) >= 11 is 1.38. The minimum Gasteiger partial charge on any atom is -0.387 e. The van der Waals surface area contributed by atoms with E-state index in [9.17, 15) is 4.79 Å². The Hall–Kier alpha value is -2.52. The molecule has 0 atom stereocenters. The van der Waals surface area contributed by atoms with Gasteiger partial charge in [0, 0.05) is 11.9 Å². The van der Waals surface area contributed by atoms with E-state index in [0.29, 0.717) is 28.2 Å². The zero-order valence-electron chi connectivity index (χ0n) is 14.0. The lowest BCUT2D eigenvalue weighted by atomic mass is 10.2. The van der Waals surface area contributed by atoms with Crippen LogP contribution in [0.3, 0.4) is 0 Å². The third-order valence-electron chi connectivity index (χ3n) is 3.22. The molecule has 0 aliphatic heterocycles. The summed E-state index contributed by atoms with van der Waals surface area (Å²) in [5, 5.41) is 16.7. The molecule has 0 aliphatic carbocycles. The summed E-state index contributed by atoms with van der Waals surface area (Å²) in [7, 11) is 0. The van der Waals surface area contributed by atoms with Gasteiger partial charge in [-0.05, 0) is 18.6 Å². The van der Waals surface area contributed by atoms with E-state index in [4.69, 9.17) is 10.8 Å². The first-order valence-corrected chi connectivity index (χ1v) is 8.87. The van der Waals surface area contributed by atoms with Crippen LogP contribution >= 0.6 is 11.3 Å². The summed E-state index contributed by atoms with van der Waals surface area (Å²) in [5.41, 5.74) is 7.89. The highest BCUT2D eigenvalue weighted by atomic mass is 32.1. The van der Waals surface area contributed by atoms with Gasteiger partial charge in [-0.2, -0.15) is 4.99 Å². The number of aliphatic hydroxyl groups excluding tert-OH is 1. The molecule has 25 heavy (non-hydrogen) atoms. The number of aliphatic imine (C=N–C) groups is 1. The molecule has 2 rings (SSSR count). The van der Waals surface area contributed by atoms with Crippen molar-refractivity contribution in [2.24, 2.45) is 10.7 Å². The number of thiazole rings is 1. The molecule has 0 unspecified atom stereocenters. The van der Waals surface area contributed by atoms with Crippen LogP contribution in [0.5, 0.6) is 0 Å². The molecule has 0 aliphatic rings. The Morgan fingerprint density at radius 1 is 1.32 bits per heavy atom. The monoisotopic (exact) mass is 362 g/mol. The molecule has 0 aromatic carbocycles. The van der Waals surface area contributed by atoms with Gasteiger partial charge in [0.15, 0.2) is 5.96 Å². The molecular formula is C16H22N6O2S. The minimum absolute atomic E-state index is 0.247. The van der Waals surface area contributed by atoms with Crippen LogP contribution in [-0.4, -0.2) is 40.1 Å². The number of guanidine groups is 1. The van der Waals surface area contributed by atoms with E-state index in [-0.39, 0.29) is 6.54 Å². The van der Waals surface area contributed by atoms with Crippen molar-refractivity contribution < 1.29 is 9.90 Å². The number of nitrogens with one attached hydrogen (secondary N) is 2. The Morgan fingerprint density at radius 3 is 2.92 bits per heavy atom. The molecule has 0 bridgehead atoms. The van der Waals surface area contributed by atoms with Gasteiger partial charge in [-0.1, -0.05) is 19.4 Å². The number of amides is 1. The number of hydrogen-bond donors (Lipinski definition) is 4. The second-order valence-corrected chi connectivity index (χ2v) is 6.08. The van der Waals surface area contributed by atoms with E-state index >= 15 is 0 Å². The molecule has 9 heteroatoms. The van der Waals surface area contributed by atoms with Crippen molar-refractivity contribution in [2.75, 3.05) is 13.2 Å². The molecule has 8 nitrogen and oxygen atoms in total. The maximum Gasteiger partial charge on any atom is 0.246 e. The highest BCUT2D eigenvalue weighted by Gasteiger charge is 2.07. The molecule has 0 spiro atoms. The topological polar surface area (TPSA) is 126 Å². The number of aliphatic hydroxyl groups is 1. The number of aromatic nitrogens is 2. The van der Waals surface area contributed by atoms with Crippen LogP contribution in [0.1, 0.15) is 25.5 Å². The van der Waals surface area contributed by atoms with Crippen LogP contribution < -0.4 is 16.4 Å². The Morgan fingerprint density at radius 2 is 2.16 bits per heavy atom. The largest absolute Gasteiger partial charge is 0.387 e. The van der Waals surface area contributed by atoms with Gasteiger partial charge >= 0.3 is 0 Å². The zero-order chi connectivity index (χ0) is 18.1. The normalized spacial score (nSPS) is 11.4. The van der Waals surface area contributed by atoms with Gasteiger partial charge in [-0.3, -0.25) is 4.79 Å². The van der Waals surface area contributed by atoms with E-state index in [1.165, 1.54) is 11.3 Å². The van der Waals surface area contributed by atoms with E-state index in [0.717, 1.165) is 19.4 Å². The second kappa shape index (κ2) is 9.70. The van der Waals surface area contributed by atoms with Crippen LogP contribution in [0.25, 0.3) is 11.4 Å². The predicted octanol–water partition coefficient (Wildman–Crippen LogP) is 1.15. The van der Waals surface area contributed by atoms with Gasteiger partial charge in [0.2, 0.25) is 11.0 Å². The average Bonchev–Trinajstić information content (AvgIpc) is 3.08. The van der Waals surface area contributed by atoms with Gasteiger partial charge < -0.3 is 21.5 Å². The Balaban J connectivity index is 2.04.